The number of rotatable bonds is 4. The minimum Gasteiger partial charge on any atom is -0.444 e. The van der Waals surface area contributed by atoms with Crippen molar-refractivity contribution in [2.45, 2.75) is 45.0 Å². The SMILES string of the molecule is CC(C)(C)OC(=O)Nc1cc(C(F)(F)F)ccc1CC(N)CO. The van der Waals surface area contributed by atoms with Crippen molar-refractivity contribution in [3.05, 3.63) is 29.3 Å². The van der Waals surface area contributed by atoms with Crippen LogP contribution in [-0.4, -0.2) is 29.4 Å². The molecule has 0 fully saturated rings. The van der Waals surface area contributed by atoms with E-state index in [-0.39, 0.29) is 18.7 Å². The monoisotopic (exact) mass is 334 g/mol. The molecule has 130 valence electrons. The Balaban J connectivity index is 3.10. The zero-order valence-electron chi connectivity index (χ0n) is 13.2. The number of aliphatic hydroxyl groups is 1. The van der Waals surface area contributed by atoms with Crippen molar-refractivity contribution in [2.24, 2.45) is 5.73 Å². The topological polar surface area (TPSA) is 84.6 Å². The quantitative estimate of drug-likeness (QED) is 0.790. The molecule has 1 amide bonds. The van der Waals surface area contributed by atoms with Gasteiger partial charge in [0.25, 0.3) is 0 Å². The molecule has 0 bridgehead atoms. The largest absolute Gasteiger partial charge is 0.444 e. The number of hydrogen-bond acceptors (Lipinski definition) is 4. The van der Waals surface area contributed by atoms with Crippen LogP contribution in [0.4, 0.5) is 23.7 Å². The maximum atomic E-state index is 12.8. The van der Waals surface area contributed by atoms with E-state index >= 15 is 0 Å². The predicted molar refractivity (Wildman–Crippen MR) is 80.1 cm³/mol. The Bertz CT molecular complexity index is 554. The van der Waals surface area contributed by atoms with Crippen molar-refractivity contribution in [3.63, 3.8) is 0 Å². The van der Waals surface area contributed by atoms with Crippen LogP contribution in [0.2, 0.25) is 0 Å². The van der Waals surface area contributed by atoms with E-state index in [1.54, 1.807) is 20.8 Å². The highest BCUT2D eigenvalue weighted by Gasteiger charge is 2.31. The first-order valence-corrected chi connectivity index (χ1v) is 6.99. The third kappa shape index (κ3) is 6.45. The van der Waals surface area contributed by atoms with Crippen LogP contribution in [0.5, 0.6) is 0 Å². The van der Waals surface area contributed by atoms with Gasteiger partial charge in [-0.2, -0.15) is 13.2 Å². The fourth-order valence-electron chi connectivity index (χ4n) is 1.81. The van der Waals surface area contributed by atoms with Crippen molar-refractivity contribution in [2.75, 3.05) is 11.9 Å². The lowest BCUT2D eigenvalue weighted by atomic mass is 10.0. The molecule has 1 unspecified atom stereocenters. The van der Waals surface area contributed by atoms with Gasteiger partial charge in [0.1, 0.15) is 5.60 Å². The molecule has 8 heteroatoms. The van der Waals surface area contributed by atoms with Gasteiger partial charge in [0.05, 0.1) is 12.2 Å². The number of amides is 1. The molecule has 0 aliphatic carbocycles. The first-order chi connectivity index (χ1) is 10.4. The molecule has 0 aromatic heterocycles. The van der Waals surface area contributed by atoms with Crippen molar-refractivity contribution in [3.8, 4) is 0 Å². The molecule has 4 N–H and O–H groups in total. The first kappa shape index (κ1) is 19.2. The van der Waals surface area contributed by atoms with Crippen molar-refractivity contribution in [1.29, 1.82) is 0 Å². The molecule has 0 aliphatic heterocycles. The Morgan fingerprint density at radius 3 is 2.43 bits per heavy atom. The average molecular weight is 334 g/mol. The molecule has 0 radical (unpaired) electrons. The summed E-state index contributed by atoms with van der Waals surface area (Å²) in [6.07, 6.45) is -5.29. The second-order valence-electron chi connectivity index (χ2n) is 6.14. The Hall–Kier alpha value is -1.80. The van der Waals surface area contributed by atoms with Crippen molar-refractivity contribution < 1.29 is 27.8 Å². The normalized spacial score (nSPS) is 13.6. The summed E-state index contributed by atoms with van der Waals surface area (Å²) in [7, 11) is 0. The summed E-state index contributed by atoms with van der Waals surface area (Å²) in [5, 5.41) is 11.3. The number of benzene rings is 1. The maximum absolute atomic E-state index is 12.8. The highest BCUT2D eigenvalue weighted by molar-refractivity contribution is 5.86. The molecule has 0 heterocycles. The van der Waals surface area contributed by atoms with E-state index in [2.05, 4.69) is 5.32 Å². The molecule has 1 aromatic carbocycles. The Kier molecular flexibility index (Phi) is 6.01. The van der Waals surface area contributed by atoms with Gasteiger partial charge in [-0.25, -0.2) is 4.79 Å². The number of carbonyl (C=O) groups is 1. The van der Waals surface area contributed by atoms with Crippen LogP contribution >= 0.6 is 0 Å². The van der Waals surface area contributed by atoms with Gasteiger partial charge in [-0.3, -0.25) is 5.32 Å². The molecule has 0 saturated heterocycles. The zero-order valence-corrected chi connectivity index (χ0v) is 13.2. The second kappa shape index (κ2) is 7.18. The minimum absolute atomic E-state index is 0.0435. The van der Waals surface area contributed by atoms with Crippen molar-refractivity contribution in [1.82, 2.24) is 0 Å². The van der Waals surface area contributed by atoms with Crippen LogP contribution in [0.15, 0.2) is 18.2 Å². The van der Waals surface area contributed by atoms with E-state index in [9.17, 15) is 18.0 Å². The number of aliphatic hydroxyl groups excluding tert-OH is 1. The number of nitrogens with one attached hydrogen (secondary N) is 1. The molecule has 0 aliphatic rings. The smallest absolute Gasteiger partial charge is 0.416 e. The molecular weight excluding hydrogens is 313 g/mol. The average Bonchev–Trinajstić information content (AvgIpc) is 2.37. The van der Waals surface area contributed by atoms with E-state index in [0.29, 0.717) is 5.56 Å². The van der Waals surface area contributed by atoms with Gasteiger partial charge in [0.15, 0.2) is 0 Å². The third-order valence-corrected chi connectivity index (χ3v) is 2.79. The number of nitrogens with two attached hydrogens (primary N) is 1. The molecule has 5 nitrogen and oxygen atoms in total. The molecule has 23 heavy (non-hydrogen) atoms. The van der Waals surface area contributed by atoms with Gasteiger partial charge < -0.3 is 15.6 Å². The Morgan fingerprint density at radius 2 is 1.96 bits per heavy atom. The van der Waals surface area contributed by atoms with Crippen LogP contribution in [-0.2, 0) is 17.3 Å². The van der Waals surface area contributed by atoms with Crippen molar-refractivity contribution >= 4 is 11.8 Å². The summed E-state index contributed by atoms with van der Waals surface area (Å²) in [5.41, 5.74) is 4.27. The molecule has 1 atom stereocenters. The van der Waals surface area contributed by atoms with E-state index in [0.717, 1.165) is 12.1 Å². The number of halogens is 3. The molecule has 1 rings (SSSR count). The van der Waals surface area contributed by atoms with Gasteiger partial charge in [-0.1, -0.05) is 6.07 Å². The maximum Gasteiger partial charge on any atom is 0.416 e. The first-order valence-electron chi connectivity index (χ1n) is 6.99. The molecule has 0 spiro atoms. The Labute approximate surface area is 132 Å². The summed E-state index contributed by atoms with van der Waals surface area (Å²) in [6, 6.07) is 2.31. The summed E-state index contributed by atoms with van der Waals surface area (Å²) >= 11 is 0. The molecule has 0 saturated carbocycles. The fraction of sp³-hybridized carbons (Fsp3) is 0.533. The van der Waals surface area contributed by atoms with Gasteiger partial charge in [-0.15, -0.1) is 0 Å². The van der Waals surface area contributed by atoms with E-state index < -0.39 is 29.5 Å². The number of ether oxygens (including phenoxy) is 1. The molecule has 1 aromatic rings. The summed E-state index contributed by atoms with van der Waals surface area (Å²) in [4.78, 5) is 11.8. The Morgan fingerprint density at radius 1 is 1.35 bits per heavy atom. The summed E-state index contributed by atoms with van der Waals surface area (Å²) in [6.45, 7) is 4.59. The lowest BCUT2D eigenvalue weighted by molar-refractivity contribution is -0.137. The van der Waals surface area contributed by atoms with E-state index in [4.69, 9.17) is 15.6 Å². The van der Waals surface area contributed by atoms with E-state index in [1.165, 1.54) is 6.07 Å². The summed E-state index contributed by atoms with van der Waals surface area (Å²) < 4.78 is 43.5. The lowest BCUT2D eigenvalue weighted by Gasteiger charge is -2.21. The van der Waals surface area contributed by atoms with Crippen LogP contribution in [0.3, 0.4) is 0 Å². The standard InChI is InChI=1S/C15H21F3N2O3/c1-14(2,3)23-13(22)20-12-7-10(15(16,17)18)5-4-9(12)6-11(19)8-21/h4-5,7,11,21H,6,8,19H2,1-3H3,(H,20,22). The van der Waals surface area contributed by atoms with Crippen LogP contribution in [0, 0.1) is 0 Å². The lowest BCUT2D eigenvalue weighted by Crippen LogP contribution is -2.29. The van der Waals surface area contributed by atoms with Gasteiger partial charge in [0, 0.05) is 11.7 Å². The van der Waals surface area contributed by atoms with Crippen LogP contribution < -0.4 is 11.1 Å². The zero-order chi connectivity index (χ0) is 17.8. The van der Waals surface area contributed by atoms with Crippen LogP contribution in [0.25, 0.3) is 0 Å². The van der Waals surface area contributed by atoms with Gasteiger partial charge in [0.2, 0.25) is 0 Å². The minimum atomic E-state index is -4.54. The molecular formula is C15H21F3N2O3. The number of carbonyl (C=O) groups excluding carboxylic acids is 1. The highest BCUT2D eigenvalue weighted by Crippen LogP contribution is 2.32. The second-order valence-corrected chi connectivity index (χ2v) is 6.14. The fourth-order valence-corrected chi connectivity index (χ4v) is 1.81. The number of anilines is 1. The predicted octanol–water partition coefficient (Wildman–Crippen LogP) is 2.91. The van der Waals surface area contributed by atoms with Crippen LogP contribution in [0.1, 0.15) is 31.9 Å². The summed E-state index contributed by atoms with van der Waals surface area (Å²) in [5.74, 6) is 0. The van der Waals surface area contributed by atoms with Gasteiger partial charge >= 0.3 is 12.3 Å². The number of alkyl halides is 3. The van der Waals surface area contributed by atoms with Gasteiger partial charge in [-0.05, 0) is 44.9 Å². The van der Waals surface area contributed by atoms with E-state index in [1.807, 2.05) is 0 Å². The third-order valence-electron chi connectivity index (χ3n) is 2.79. The number of hydrogen-bond donors (Lipinski definition) is 3. The highest BCUT2D eigenvalue weighted by atomic mass is 19.4.